The van der Waals surface area contributed by atoms with Gasteiger partial charge < -0.3 is 9.72 Å². The summed E-state index contributed by atoms with van der Waals surface area (Å²) < 4.78 is 5.57. The zero-order valence-corrected chi connectivity index (χ0v) is 11.0. The molecule has 5 heteroatoms. The molecule has 0 saturated carbocycles. The molecule has 2 heterocycles. The summed E-state index contributed by atoms with van der Waals surface area (Å²) in [4.78, 5) is 23.3. The molecule has 20 heavy (non-hydrogen) atoms. The molecule has 0 amide bonds. The zero-order valence-electron chi connectivity index (χ0n) is 11.0. The van der Waals surface area contributed by atoms with Gasteiger partial charge >= 0.3 is 0 Å². The lowest BCUT2D eigenvalue weighted by Crippen LogP contribution is -2.11. The van der Waals surface area contributed by atoms with Gasteiger partial charge in [-0.3, -0.25) is 4.79 Å². The Labute approximate surface area is 115 Å². The van der Waals surface area contributed by atoms with Crippen molar-refractivity contribution in [3.8, 4) is 17.1 Å². The van der Waals surface area contributed by atoms with Crippen molar-refractivity contribution < 1.29 is 4.74 Å². The third-order valence-corrected chi connectivity index (χ3v) is 2.91. The Morgan fingerprint density at radius 1 is 1.20 bits per heavy atom. The number of pyridine rings is 1. The van der Waals surface area contributed by atoms with Crippen LogP contribution in [-0.2, 0) is 0 Å². The Morgan fingerprint density at radius 2 is 2.05 bits per heavy atom. The third-order valence-electron chi connectivity index (χ3n) is 2.91. The highest BCUT2D eigenvalue weighted by molar-refractivity contribution is 5.76. The van der Waals surface area contributed by atoms with E-state index in [0.717, 1.165) is 5.56 Å². The average molecular weight is 267 g/mol. The molecule has 100 valence electrons. The molecule has 1 aromatic carbocycles. The molecular weight excluding hydrogens is 254 g/mol. The normalized spacial score (nSPS) is 10.7. The SMILES string of the molecule is CCOc1ccccc1-c1nc2cccnc2c(=O)[nH]1. The van der Waals surface area contributed by atoms with Crippen molar-refractivity contribution in [3.63, 3.8) is 0 Å². The van der Waals surface area contributed by atoms with Crippen LogP contribution in [0.3, 0.4) is 0 Å². The predicted molar refractivity (Wildman–Crippen MR) is 76.8 cm³/mol. The van der Waals surface area contributed by atoms with E-state index in [4.69, 9.17) is 4.74 Å². The molecule has 0 bridgehead atoms. The van der Waals surface area contributed by atoms with Gasteiger partial charge in [-0.05, 0) is 31.2 Å². The zero-order chi connectivity index (χ0) is 13.9. The molecule has 0 atom stereocenters. The van der Waals surface area contributed by atoms with Crippen molar-refractivity contribution in [2.45, 2.75) is 6.92 Å². The van der Waals surface area contributed by atoms with Crippen LogP contribution in [0.4, 0.5) is 0 Å². The fourth-order valence-corrected chi connectivity index (χ4v) is 2.05. The first-order valence-corrected chi connectivity index (χ1v) is 6.37. The summed E-state index contributed by atoms with van der Waals surface area (Å²) in [7, 11) is 0. The largest absolute Gasteiger partial charge is 0.493 e. The molecule has 3 aromatic rings. The van der Waals surface area contributed by atoms with Crippen LogP contribution in [0, 0.1) is 0 Å². The summed E-state index contributed by atoms with van der Waals surface area (Å²) in [5.74, 6) is 1.18. The number of ether oxygens (including phenoxy) is 1. The van der Waals surface area contributed by atoms with Crippen molar-refractivity contribution in [2.75, 3.05) is 6.61 Å². The van der Waals surface area contributed by atoms with Gasteiger partial charge in [0.15, 0.2) is 5.52 Å². The van der Waals surface area contributed by atoms with Crippen LogP contribution in [0.25, 0.3) is 22.4 Å². The van der Waals surface area contributed by atoms with Crippen LogP contribution in [0.1, 0.15) is 6.92 Å². The number of aromatic amines is 1. The van der Waals surface area contributed by atoms with E-state index >= 15 is 0 Å². The van der Waals surface area contributed by atoms with Crippen molar-refractivity contribution in [2.24, 2.45) is 0 Å². The summed E-state index contributed by atoms with van der Waals surface area (Å²) in [6.07, 6.45) is 1.58. The van der Waals surface area contributed by atoms with Crippen LogP contribution in [-0.4, -0.2) is 21.6 Å². The van der Waals surface area contributed by atoms with Gasteiger partial charge in [-0.1, -0.05) is 12.1 Å². The standard InChI is InChI=1S/C15H13N3O2/c1-2-20-12-8-4-3-6-10(12)14-17-11-7-5-9-16-13(11)15(19)18-14/h3-9H,2H2,1H3,(H,17,18,19). The number of fused-ring (bicyclic) bond motifs is 1. The fourth-order valence-electron chi connectivity index (χ4n) is 2.05. The number of H-pyrrole nitrogens is 1. The van der Waals surface area contributed by atoms with Crippen LogP contribution in [0.5, 0.6) is 5.75 Å². The van der Waals surface area contributed by atoms with Gasteiger partial charge in [0.1, 0.15) is 11.6 Å². The van der Waals surface area contributed by atoms with E-state index < -0.39 is 0 Å². The lowest BCUT2D eigenvalue weighted by atomic mass is 10.2. The van der Waals surface area contributed by atoms with Gasteiger partial charge in [-0.2, -0.15) is 0 Å². The van der Waals surface area contributed by atoms with Gasteiger partial charge in [0.25, 0.3) is 5.56 Å². The molecule has 0 unspecified atom stereocenters. The molecule has 5 nitrogen and oxygen atoms in total. The van der Waals surface area contributed by atoms with Gasteiger partial charge in [0.2, 0.25) is 0 Å². The van der Waals surface area contributed by atoms with Gasteiger partial charge in [0, 0.05) is 6.20 Å². The number of rotatable bonds is 3. The second-order valence-corrected chi connectivity index (χ2v) is 4.21. The van der Waals surface area contributed by atoms with Gasteiger partial charge in [-0.15, -0.1) is 0 Å². The minimum atomic E-state index is -0.253. The Kier molecular flexibility index (Phi) is 3.16. The topological polar surface area (TPSA) is 67.9 Å². The highest BCUT2D eigenvalue weighted by atomic mass is 16.5. The number of benzene rings is 1. The second-order valence-electron chi connectivity index (χ2n) is 4.21. The van der Waals surface area contributed by atoms with Crippen LogP contribution < -0.4 is 10.3 Å². The summed E-state index contributed by atoms with van der Waals surface area (Å²) in [5, 5.41) is 0. The fraction of sp³-hybridized carbons (Fsp3) is 0.133. The van der Waals surface area contributed by atoms with Crippen LogP contribution in [0.15, 0.2) is 47.4 Å². The molecule has 0 spiro atoms. The first-order valence-electron chi connectivity index (χ1n) is 6.37. The minimum Gasteiger partial charge on any atom is -0.493 e. The van der Waals surface area contributed by atoms with E-state index in [1.165, 1.54) is 0 Å². The molecule has 1 N–H and O–H groups in total. The number of nitrogens with one attached hydrogen (secondary N) is 1. The Hall–Kier alpha value is -2.69. The van der Waals surface area contributed by atoms with Gasteiger partial charge in [-0.25, -0.2) is 9.97 Å². The molecule has 0 aliphatic carbocycles. The van der Waals surface area contributed by atoms with Crippen molar-refractivity contribution >= 4 is 11.0 Å². The summed E-state index contributed by atoms with van der Waals surface area (Å²) >= 11 is 0. The molecule has 0 fully saturated rings. The minimum absolute atomic E-state index is 0.253. The van der Waals surface area contributed by atoms with Crippen LogP contribution in [0.2, 0.25) is 0 Å². The van der Waals surface area contributed by atoms with E-state index in [0.29, 0.717) is 29.2 Å². The number of hydrogen-bond acceptors (Lipinski definition) is 4. The number of hydrogen-bond donors (Lipinski definition) is 1. The molecule has 0 radical (unpaired) electrons. The monoisotopic (exact) mass is 267 g/mol. The summed E-state index contributed by atoms with van der Waals surface area (Å²) in [6.45, 7) is 2.47. The Bertz CT molecular complexity index is 811. The quantitative estimate of drug-likeness (QED) is 0.791. The molecule has 0 aliphatic heterocycles. The highest BCUT2D eigenvalue weighted by Gasteiger charge is 2.10. The van der Waals surface area contributed by atoms with E-state index in [9.17, 15) is 4.79 Å². The smallest absolute Gasteiger partial charge is 0.277 e. The van der Waals surface area contributed by atoms with E-state index in [1.54, 1.807) is 18.3 Å². The van der Waals surface area contributed by atoms with Crippen molar-refractivity contribution in [3.05, 3.63) is 52.9 Å². The maximum Gasteiger partial charge on any atom is 0.277 e. The molecule has 3 rings (SSSR count). The van der Waals surface area contributed by atoms with E-state index in [2.05, 4.69) is 15.0 Å². The number of nitrogens with zero attached hydrogens (tertiary/aromatic N) is 2. The summed E-state index contributed by atoms with van der Waals surface area (Å²) in [5.41, 5.74) is 1.41. The lowest BCUT2D eigenvalue weighted by Gasteiger charge is -2.09. The van der Waals surface area contributed by atoms with E-state index in [1.807, 2.05) is 31.2 Å². The second kappa shape index (κ2) is 5.13. The first kappa shape index (κ1) is 12.3. The highest BCUT2D eigenvalue weighted by Crippen LogP contribution is 2.26. The third kappa shape index (κ3) is 2.14. The maximum absolute atomic E-state index is 12.0. The molecule has 0 aliphatic rings. The van der Waals surface area contributed by atoms with Crippen LogP contribution >= 0.6 is 0 Å². The maximum atomic E-state index is 12.0. The van der Waals surface area contributed by atoms with Gasteiger partial charge in [0.05, 0.1) is 17.7 Å². The van der Waals surface area contributed by atoms with Crippen molar-refractivity contribution in [1.29, 1.82) is 0 Å². The predicted octanol–water partition coefficient (Wildman–Crippen LogP) is 2.38. The molecular formula is C15H13N3O2. The number of aromatic nitrogens is 3. The Morgan fingerprint density at radius 3 is 2.90 bits per heavy atom. The Balaban J connectivity index is 2.23. The lowest BCUT2D eigenvalue weighted by molar-refractivity contribution is 0.341. The molecule has 0 saturated heterocycles. The first-order chi connectivity index (χ1) is 9.79. The average Bonchev–Trinajstić information content (AvgIpc) is 2.48. The van der Waals surface area contributed by atoms with Crippen molar-refractivity contribution in [1.82, 2.24) is 15.0 Å². The summed E-state index contributed by atoms with van der Waals surface area (Å²) in [6, 6.07) is 11.0. The number of para-hydroxylation sites is 1. The molecule has 2 aromatic heterocycles. The van der Waals surface area contributed by atoms with E-state index in [-0.39, 0.29) is 5.56 Å².